The molecule has 2 saturated heterocycles. The molecule has 16 nitrogen and oxygen atoms in total. The molecule has 0 amide bonds. The fourth-order valence-corrected chi connectivity index (χ4v) is 9.24. The van der Waals surface area contributed by atoms with Crippen molar-refractivity contribution in [3.8, 4) is 0 Å². The molecule has 6 aromatic rings. The summed E-state index contributed by atoms with van der Waals surface area (Å²) in [6.07, 6.45) is 17.2. The van der Waals surface area contributed by atoms with Crippen molar-refractivity contribution in [2.75, 3.05) is 62.4 Å². The van der Waals surface area contributed by atoms with Gasteiger partial charge in [0.2, 0.25) is 19.1 Å². The first-order valence-corrected chi connectivity index (χ1v) is 29.7. The summed E-state index contributed by atoms with van der Waals surface area (Å²) in [7, 11) is -1.93. The first-order valence-electron chi connectivity index (χ1n) is 25.1. The number of likely N-dealkylation sites (tertiary alicyclic amines) is 2. The second kappa shape index (κ2) is 28.6. The Bertz CT molecular complexity index is 3130. The molecule has 0 unspecified atom stereocenters. The van der Waals surface area contributed by atoms with Gasteiger partial charge in [0.05, 0.1) is 25.6 Å². The highest BCUT2D eigenvalue weighted by molar-refractivity contribution is 8.13. The van der Waals surface area contributed by atoms with Crippen LogP contribution in [0.25, 0.3) is 12.2 Å². The fraction of sp³-hybridized carbons (Fsp3) is 0.357. The van der Waals surface area contributed by atoms with Crippen molar-refractivity contribution in [2.45, 2.75) is 77.8 Å². The summed E-state index contributed by atoms with van der Waals surface area (Å²) in [6.45, 7) is 11.9. The van der Waals surface area contributed by atoms with E-state index in [2.05, 4.69) is 120 Å². The standard InChI is InChI=1S/C28H35N5O3S.C27H33N5O.CH3ClO2S/c1-22(18-23-6-4-3-5-7-23)20-32-15-12-26(13-16-32)31-27-28(34)33(17-14-29-27)21-25-10-8-24(9-11-25)19-30-37(2,35)36;1-21(17-22-5-3-2-4-6-22)19-31-14-11-25(12-15-31)30-26-27(33)32(16-13-29-26)20-24-9-7-23(18-28)8-10-24;1-5(2,3)4/h3-11,14,17-18,26,30H,12-13,15-16,19-21H2,1-2H3,(H,29,31);2-10,13,16-17,25H,11-12,14-15,18-20,28H2,1H3,(H,29,30);1H3/b22-18+;21-17+;. The van der Waals surface area contributed by atoms with E-state index < -0.39 is 19.1 Å². The second-order valence-electron chi connectivity index (χ2n) is 19.2. The van der Waals surface area contributed by atoms with E-state index in [1.54, 1.807) is 33.9 Å². The summed E-state index contributed by atoms with van der Waals surface area (Å²) in [4.78, 5) is 39.6. The number of aromatic nitrogens is 4. The third kappa shape index (κ3) is 21.1. The van der Waals surface area contributed by atoms with Gasteiger partial charge in [-0.2, -0.15) is 0 Å². The van der Waals surface area contributed by atoms with Gasteiger partial charge in [-0.3, -0.25) is 19.4 Å². The predicted molar refractivity (Wildman–Crippen MR) is 305 cm³/mol. The molecule has 4 aromatic carbocycles. The lowest BCUT2D eigenvalue weighted by Crippen LogP contribution is -2.41. The molecule has 2 aliphatic rings. The molecule has 0 bridgehead atoms. The minimum Gasteiger partial charge on any atom is -0.363 e. The maximum atomic E-state index is 13.1. The second-order valence-corrected chi connectivity index (χ2v) is 24.1. The number of nitrogens with zero attached hydrogens (tertiary/aromatic N) is 6. The molecule has 5 N–H and O–H groups in total. The molecule has 0 radical (unpaired) electrons. The number of halogens is 1. The van der Waals surface area contributed by atoms with Crippen LogP contribution in [-0.2, 0) is 45.3 Å². The van der Waals surface area contributed by atoms with E-state index in [1.807, 2.05) is 60.7 Å². The molecule has 2 fully saturated rings. The van der Waals surface area contributed by atoms with E-state index in [0.29, 0.717) is 31.3 Å². The molecule has 4 heterocycles. The van der Waals surface area contributed by atoms with Crippen LogP contribution in [0.5, 0.6) is 0 Å². The summed E-state index contributed by atoms with van der Waals surface area (Å²) >= 11 is 0. The lowest BCUT2D eigenvalue weighted by Gasteiger charge is -2.32. The van der Waals surface area contributed by atoms with Gasteiger partial charge in [-0.25, -0.2) is 31.5 Å². The number of hydrogen-bond acceptors (Lipinski definition) is 13. The average molecular weight is 1080 g/mol. The predicted octanol–water partition coefficient (Wildman–Crippen LogP) is 7.24. The maximum Gasteiger partial charge on any atom is 0.293 e. The van der Waals surface area contributed by atoms with E-state index in [4.69, 9.17) is 5.73 Å². The Hall–Kier alpha value is -6.25. The number of sulfonamides is 1. The van der Waals surface area contributed by atoms with Crippen LogP contribution in [0.1, 0.15) is 72.9 Å². The molecule has 0 atom stereocenters. The summed E-state index contributed by atoms with van der Waals surface area (Å²) in [5, 5.41) is 6.78. The minimum absolute atomic E-state index is 0.0792. The number of rotatable bonds is 18. The topological polar surface area (TPSA) is 207 Å². The zero-order valence-electron chi connectivity index (χ0n) is 43.3. The number of anilines is 2. The highest BCUT2D eigenvalue weighted by atomic mass is 35.7. The fourth-order valence-electron chi connectivity index (χ4n) is 8.81. The van der Waals surface area contributed by atoms with Crippen LogP contribution in [0.15, 0.2) is 155 Å². The molecule has 400 valence electrons. The summed E-state index contributed by atoms with van der Waals surface area (Å²) in [5.74, 6) is 0.824. The minimum atomic E-state index is -3.24. The highest BCUT2D eigenvalue weighted by Gasteiger charge is 2.22. The van der Waals surface area contributed by atoms with Crippen molar-refractivity contribution in [1.29, 1.82) is 0 Å². The molecule has 0 saturated carbocycles. The van der Waals surface area contributed by atoms with Crippen molar-refractivity contribution in [1.82, 2.24) is 33.6 Å². The zero-order valence-corrected chi connectivity index (χ0v) is 45.7. The highest BCUT2D eigenvalue weighted by Crippen LogP contribution is 2.18. The summed E-state index contributed by atoms with van der Waals surface area (Å²) in [5.41, 5.74) is 14.6. The SMILES string of the molecule is C/C(=C\c1ccccc1)CN1CCC(Nc2nccn(Cc3ccc(CN)cc3)c2=O)CC1.C/C(=C\c1ccccc1)CN1CCC(Nc2nccn(Cc3ccc(CNS(C)(=O)=O)cc3)c2=O)CC1.CS(=O)(=O)Cl. The van der Waals surface area contributed by atoms with Gasteiger partial charge in [-0.05, 0) is 72.9 Å². The van der Waals surface area contributed by atoms with Gasteiger partial charge in [-0.1, -0.05) is 132 Å². The lowest BCUT2D eigenvalue weighted by atomic mass is 10.0. The van der Waals surface area contributed by atoms with Gasteiger partial charge in [0, 0.05) is 99.9 Å². The van der Waals surface area contributed by atoms with Gasteiger partial charge < -0.3 is 25.5 Å². The Morgan fingerprint density at radius 1 is 0.600 bits per heavy atom. The van der Waals surface area contributed by atoms with Crippen LogP contribution in [0.4, 0.5) is 11.6 Å². The number of benzene rings is 4. The van der Waals surface area contributed by atoms with Crippen LogP contribution in [0, 0.1) is 0 Å². The first-order chi connectivity index (χ1) is 35.8. The molecule has 2 aromatic heterocycles. The van der Waals surface area contributed by atoms with Gasteiger partial charge in [-0.15, -0.1) is 0 Å². The van der Waals surface area contributed by atoms with Crippen molar-refractivity contribution < 1.29 is 16.8 Å². The van der Waals surface area contributed by atoms with Crippen LogP contribution in [-0.4, -0.2) is 110 Å². The Morgan fingerprint density at radius 3 is 1.32 bits per heavy atom. The zero-order chi connectivity index (χ0) is 53.8. The quantitative estimate of drug-likeness (QED) is 0.0628. The third-order valence-corrected chi connectivity index (χ3v) is 13.3. The molecule has 8 rings (SSSR count). The van der Waals surface area contributed by atoms with Gasteiger partial charge in [0.1, 0.15) is 0 Å². The van der Waals surface area contributed by atoms with Crippen LogP contribution in [0.2, 0.25) is 0 Å². The molecule has 0 spiro atoms. The number of nitrogens with two attached hydrogens (primary N) is 1. The van der Waals surface area contributed by atoms with E-state index >= 15 is 0 Å². The molecule has 19 heteroatoms. The number of nitrogens with one attached hydrogen (secondary N) is 3. The Balaban J connectivity index is 0.000000225. The summed E-state index contributed by atoms with van der Waals surface area (Å²) < 4.78 is 47.2. The van der Waals surface area contributed by atoms with E-state index in [1.165, 1.54) is 22.3 Å². The van der Waals surface area contributed by atoms with Gasteiger partial charge in [0.15, 0.2) is 11.6 Å². The number of piperidine rings is 2. The van der Waals surface area contributed by atoms with Crippen LogP contribution < -0.4 is 32.2 Å². The van der Waals surface area contributed by atoms with Crippen molar-refractivity contribution in [2.24, 2.45) is 5.73 Å². The summed E-state index contributed by atoms with van der Waals surface area (Å²) in [6, 6.07) is 36.9. The van der Waals surface area contributed by atoms with Crippen LogP contribution in [0.3, 0.4) is 0 Å². The number of hydrogen-bond donors (Lipinski definition) is 4. The first kappa shape index (κ1) is 58.0. The maximum absolute atomic E-state index is 13.1. The molecule has 2 aliphatic heterocycles. The lowest BCUT2D eigenvalue weighted by molar-refractivity contribution is 0.236. The monoisotopic (exact) mass is 1080 g/mol. The van der Waals surface area contributed by atoms with E-state index in [9.17, 15) is 26.4 Å². The van der Waals surface area contributed by atoms with Gasteiger partial charge in [0.25, 0.3) is 11.1 Å². The van der Waals surface area contributed by atoms with Crippen molar-refractivity contribution in [3.05, 3.63) is 199 Å². The molecule has 0 aliphatic carbocycles. The van der Waals surface area contributed by atoms with Crippen molar-refractivity contribution >= 4 is 53.5 Å². The van der Waals surface area contributed by atoms with Gasteiger partial charge >= 0.3 is 0 Å². The van der Waals surface area contributed by atoms with E-state index in [-0.39, 0.29) is 29.7 Å². The van der Waals surface area contributed by atoms with E-state index in [0.717, 1.165) is 99.7 Å². The molecule has 75 heavy (non-hydrogen) atoms. The Morgan fingerprint density at radius 2 is 0.960 bits per heavy atom. The average Bonchev–Trinajstić information content (AvgIpc) is 3.38. The molecular formula is C56H71ClN10O6S2. The third-order valence-electron chi connectivity index (χ3n) is 12.6. The molecular weight excluding hydrogens is 1010 g/mol. The smallest absolute Gasteiger partial charge is 0.293 e. The Kier molecular flexibility index (Phi) is 22.1. The largest absolute Gasteiger partial charge is 0.363 e. The Labute approximate surface area is 446 Å². The van der Waals surface area contributed by atoms with Crippen molar-refractivity contribution in [3.63, 3.8) is 0 Å². The normalized spacial score (nSPS) is 15.3. The van der Waals surface area contributed by atoms with Crippen LogP contribution >= 0.6 is 10.7 Å².